The van der Waals surface area contributed by atoms with Crippen molar-refractivity contribution in [1.29, 1.82) is 0 Å². The lowest BCUT2D eigenvalue weighted by molar-refractivity contribution is -0.144. The predicted molar refractivity (Wildman–Crippen MR) is 163 cm³/mol. The second kappa shape index (κ2) is 14.2. The smallest absolute Gasteiger partial charge is 0.321 e. The first kappa shape index (κ1) is 31.5. The van der Waals surface area contributed by atoms with Crippen molar-refractivity contribution >= 4 is 28.8 Å². The van der Waals surface area contributed by atoms with E-state index in [2.05, 4.69) is 25.7 Å². The molecule has 0 aliphatic rings. The lowest BCUT2D eigenvalue weighted by Gasteiger charge is -2.27. The summed E-state index contributed by atoms with van der Waals surface area (Å²) in [5.74, 6) is -4.12. The zero-order valence-corrected chi connectivity index (χ0v) is 24.6. The number of pyridine rings is 2. The van der Waals surface area contributed by atoms with Gasteiger partial charge in [0.05, 0.1) is 36.2 Å². The maximum Gasteiger partial charge on any atom is 0.321 e. The van der Waals surface area contributed by atoms with Gasteiger partial charge in [0, 0.05) is 55.1 Å². The van der Waals surface area contributed by atoms with Crippen LogP contribution in [0, 0.1) is 0 Å². The number of ether oxygens (including phenoxy) is 2. The highest BCUT2D eigenvalue weighted by atomic mass is 19.3. The van der Waals surface area contributed by atoms with Gasteiger partial charge in [0.25, 0.3) is 5.91 Å². The molecule has 1 unspecified atom stereocenters. The Kier molecular flexibility index (Phi) is 10.2. The van der Waals surface area contributed by atoms with Gasteiger partial charge in [-0.05, 0) is 55.5 Å². The number of rotatable bonds is 10. The minimum atomic E-state index is -3.54. The highest BCUT2D eigenvalue weighted by molar-refractivity contribution is 5.83. The van der Waals surface area contributed by atoms with Crippen LogP contribution in [0.4, 0.5) is 14.5 Å². The first-order valence-corrected chi connectivity index (χ1v) is 13.6. The molecule has 0 spiro atoms. The summed E-state index contributed by atoms with van der Waals surface area (Å²) in [4.78, 5) is 31.1. The second-order valence-corrected chi connectivity index (χ2v) is 9.80. The Hall–Kier alpha value is -5.39. The number of fused-ring (bicyclic) bond motifs is 1. The fourth-order valence-electron chi connectivity index (χ4n) is 4.23. The highest BCUT2D eigenvalue weighted by Crippen LogP contribution is 2.30. The molecule has 0 saturated carbocycles. The summed E-state index contributed by atoms with van der Waals surface area (Å²) < 4.78 is 40.0. The number of hydrogen-bond donors (Lipinski definition) is 2. The number of alkyl halides is 2. The van der Waals surface area contributed by atoms with Gasteiger partial charge in [-0.3, -0.25) is 14.6 Å². The van der Waals surface area contributed by atoms with Gasteiger partial charge in [0.1, 0.15) is 18.1 Å². The van der Waals surface area contributed by atoms with Crippen LogP contribution in [-0.2, 0) is 4.79 Å². The van der Waals surface area contributed by atoms with Gasteiger partial charge < -0.3 is 20.1 Å². The maximum atomic E-state index is 13.5. The molecule has 12 heteroatoms. The lowest BCUT2D eigenvalue weighted by Crippen LogP contribution is -2.46. The molecule has 0 aliphatic carbocycles. The molecule has 1 amide bonds. The Morgan fingerprint density at radius 3 is 2.48 bits per heavy atom. The van der Waals surface area contributed by atoms with Crippen molar-refractivity contribution in [2.75, 3.05) is 19.5 Å². The standard InChI is InChI=1S/C26H24F2N4O4.C6H8N2/c1-16(31-25(34)26(2,27)28)24(18-7-10-23(35-3)29-13-18)36-21-8-9-22-19(12-21)14-30-32(22)20-6-4-5-17(11-20)15-33;1-7-6-3-2-4-8-5-6/h4-16,24H,1-3H3,(H,31,34);2-5,7H,1H3/t16?,24-;/m0./s1. The molecule has 0 saturated heterocycles. The van der Waals surface area contributed by atoms with Crippen LogP contribution in [0.5, 0.6) is 11.6 Å². The first-order chi connectivity index (χ1) is 21.1. The molecule has 44 heavy (non-hydrogen) atoms. The number of carbonyl (C=O) groups excluding carboxylic acids is 2. The van der Waals surface area contributed by atoms with Crippen LogP contribution < -0.4 is 20.1 Å². The van der Waals surface area contributed by atoms with Crippen LogP contribution in [0.3, 0.4) is 0 Å². The van der Waals surface area contributed by atoms with Crippen molar-refractivity contribution in [2.24, 2.45) is 0 Å². The molecule has 0 radical (unpaired) electrons. The predicted octanol–water partition coefficient (Wildman–Crippen LogP) is 5.64. The average molecular weight is 603 g/mol. The Morgan fingerprint density at radius 2 is 1.86 bits per heavy atom. The molecular formula is C32H32F2N6O4. The average Bonchev–Trinajstić information content (AvgIpc) is 3.47. The van der Waals surface area contributed by atoms with E-state index in [0.29, 0.717) is 29.7 Å². The minimum absolute atomic E-state index is 0.377. The third-order valence-corrected chi connectivity index (χ3v) is 6.51. The topological polar surface area (TPSA) is 120 Å². The molecule has 2 N–H and O–H groups in total. The van der Waals surface area contributed by atoms with Crippen LogP contribution in [0.2, 0.25) is 0 Å². The van der Waals surface area contributed by atoms with Gasteiger partial charge in [-0.2, -0.15) is 13.9 Å². The van der Waals surface area contributed by atoms with Gasteiger partial charge in [-0.1, -0.05) is 12.1 Å². The zero-order valence-electron chi connectivity index (χ0n) is 24.6. The summed E-state index contributed by atoms with van der Waals surface area (Å²) >= 11 is 0. The Morgan fingerprint density at radius 1 is 1.05 bits per heavy atom. The SMILES string of the molecule is CNc1cccnc1.COc1ccc([C@@H](Oc2ccc3c(cnn3-c3cccc(C=O)c3)c2)C(C)NC(=O)C(C)(F)F)cn1. The number of hydrogen-bond acceptors (Lipinski definition) is 8. The third-order valence-electron chi connectivity index (χ3n) is 6.51. The number of amides is 1. The third kappa shape index (κ3) is 7.91. The van der Waals surface area contributed by atoms with E-state index in [0.717, 1.165) is 28.6 Å². The second-order valence-electron chi connectivity index (χ2n) is 9.80. The van der Waals surface area contributed by atoms with Crippen molar-refractivity contribution in [3.63, 3.8) is 0 Å². The van der Waals surface area contributed by atoms with Crippen molar-refractivity contribution in [1.82, 2.24) is 25.1 Å². The van der Waals surface area contributed by atoms with Crippen LogP contribution in [-0.4, -0.2) is 58.1 Å². The van der Waals surface area contributed by atoms with E-state index in [1.54, 1.807) is 78.7 Å². The van der Waals surface area contributed by atoms with Crippen LogP contribution in [0.15, 0.2) is 91.5 Å². The van der Waals surface area contributed by atoms with Crippen LogP contribution >= 0.6 is 0 Å². The molecular weight excluding hydrogens is 570 g/mol. The molecule has 5 aromatic rings. The zero-order chi connectivity index (χ0) is 31.7. The van der Waals surface area contributed by atoms with Gasteiger partial charge in [0.15, 0.2) is 0 Å². The minimum Gasteiger partial charge on any atom is -0.484 e. The number of nitrogens with one attached hydrogen (secondary N) is 2. The number of aromatic nitrogens is 4. The quantitative estimate of drug-likeness (QED) is 0.197. The van der Waals surface area contributed by atoms with E-state index in [1.807, 2.05) is 25.2 Å². The summed E-state index contributed by atoms with van der Waals surface area (Å²) in [6, 6.07) is 18.7. The van der Waals surface area contributed by atoms with E-state index in [1.165, 1.54) is 13.3 Å². The molecule has 10 nitrogen and oxygen atoms in total. The summed E-state index contributed by atoms with van der Waals surface area (Å²) in [5, 5.41) is 10.5. The van der Waals surface area contributed by atoms with Gasteiger partial charge >= 0.3 is 5.92 Å². The molecule has 0 aliphatic heterocycles. The fraction of sp³-hybridized carbons (Fsp3) is 0.219. The largest absolute Gasteiger partial charge is 0.484 e. The number of anilines is 1. The van der Waals surface area contributed by atoms with E-state index in [4.69, 9.17) is 9.47 Å². The van der Waals surface area contributed by atoms with Gasteiger partial charge in [0.2, 0.25) is 5.88 Å². The number of benzene rings is 2. The van der Waals surface area contributed by atoms with Gasteiger partial charge in [-0.15, -0.1) is 0 Å². The van der Waals surface area contributed by atoms with E-state index in [-0.39, 0.29) is 0 Å². The molecule has 3 heterocycles. The Balaban J connectivity index is 0.000000479. The van der Waals surface area contributed by atoms with E-state index in [9.17, 15) is 18.4 Å². The highest BCUT2D eigenvalue weighted by Gasteiger charge is 2.35. The number of aldehydes is 1. The van der Waals surface area contributed by atoms with E-state index >= 15 is 0 Å². The Bertz CT molecular complexity index is 1690. The molecule has 0 bridgehead atoms. The van der Waals surface area contributed by atoms with Crippen LogP contribution in [0.25, 0.3) is 16.6 Å². The van der Waals surface area contributed by atoms with Crippen molar-refractivity contribution in [2.45, 2.75) is 31.9 Å². The van der Waals surface area contributed by atoms with E-state index < -0.39 is 24.0 Å². The Labute approximate surface area is 253 Å². The monoisotopic (exact) mass is 602 g/mol. The summed E-state index contributed by atoms with van der Waals surface area (Å²) in [6.07, 6.45) is 6.63. The molecule has 228 valence electrons. The van der Waals surface area contributed by atoms with Gasteiger partial charge in [-0.25, -0.2) is 9.67 Å². The van der Waals surface area contributed by atoms with Crippen LogP contribution in [0.1, 0.15) is 35.9 Å². The number of carbonyl (C=O) groups is 2. The fourth-order valence-corrected chi connectivity index (χ4v) is 4.23. The number of nitrogens with zero attached hydrogens (tertiary/aromatic N) is 4. The maximum absolute atomic E-state index is 13.5. The summed E-state index contributed by atoms with van der Waals surface area (Å²) in [7, 11) is 3.35. The molecule has 3 aromatic heterocycles. The lowest BCUT2D eigenvalue weighted by atomic mass is 10.0. The summed E-state index contributed by atoms with van der Waals surface area (Å²) in [5.41, 5.74) is 3.64. The molecule has 2 aromatic carbocycles. The molecule has 0 fully saturated rings. The van der Waals surface area contributed by atoms with Crippen molar-refractivity contribution in [3.05, 3.63) is 103 Å². The first-order valence-electron chi connectivity index (χ1n) is 13.6. The number of methoxy groups -OCH3 is 1. The van der Waals surface area contributed by atoms with Crippen molar-refractivity contribution in [3.8, 4) is 17.3 Å². The summed E-state index contributed by atoms with van der Waals surface area (Å²) in [6.45, 7) is 2.12. The normalized spacial score (nSPS) is 12.3. The molecule has 5 rings (SSSR count). The van der Waals surface area contributed by atoms with Crippen molar-refractivity contribution < 1.29 is 27.8 Å². The molecule has 2 atom stereocenters. The number of halogens is 2.